The molecule has 1 aromatic rings. The van der Waals surface area contributed by atoms with Crippen molar-refractivity contribution in [2.45, 2.75) is 6.36 Å². The van der Waals surface area contributed by atoms with Crippen molar-refractivity contribution in [1.82, 2.24) is 0 Å². The first kappa shape index (κ1) is 14.7. The van der Waals surface area contributed by atoms with E-state index in [9.17, 15) is 26.1 Å². The van der Waals surface area contributed by atoms with Gasteiger partial charge in [0.05, 0.1) is 4.48 Å². The number of hydrogen-bond donors (Lipinski definition) is 1. The summed E-state index contributed by atoms with van der Waals surface area (Å²) in [6, 6.07) is 5.01. The quantitative estimate of drug-likeness (QED) is 0.607. The molecule has 1 heterocycles. The van der Waals surface area contributed by atoms with E-state index in [0.29, 0.717) is 4.79 Å². The van der Waals surface area contributed by atoms with Crippen LogP contribution in [-0.4, -0.2) is 19.3 Å². The second-order valence-electron chi connectivity index (χ2n) is 2.18. The number of nitrogens with zero attached hydrogens (tertiary/aromatic N) is 1. The standard InChI is InChI=1S/C5H5FN.CHF3O4S/c6-7-4-2-1-3-5-7;2-1(3,4)8-9(5,6)7/h1-5H;(H,5,6,7)/q+1;. The average Bonchev–Trinajstić information content (AvgIpc) is 1.99. The molecule has 0 spiro atoms. The summed E-state index contributed by atoms with van der Waals surface area (Å²) in [5.41, 5.74) is 0. The molecule has 1 rings (SSSR count). The molecule has 0 atom stereocenters. The van der Waals surface area contributed by atoms with E-state index in [0.717, 1.165) is 0 Å². The minimum absolute atomic E-state index is 0.500. The molecule has 16 heavy (non-hydrogen) atoms. The first-order valence-electron chi connectivity index (χ1n) is 3.47. The zero-order valence-corrected chi connectivity index (χ0v) is 8.24. The van der Waals surface area contributed by atoms with Gasteiger partial charge >= 0.3 is 16.8 Å². The van der Waals surface area contributed by atoms with Crippen LogP contribution in [0.15, 0.2) is 30.6 Å². The van der Waals surface area contributed by atoms with E-state index < -0.39 is 16.8 Å². The molecule has 0 saturated carbocycles. The van der Waals surface area contributed by atoms with E-state index in [-0.39, 0.29) is 0 Å². The number of alkyl halides is 3. The van der Waals surface area contributed by atoms with E-state index >= 15 is 0 Å². The molecule has 0 radical (unpaired) electrons. The van der Waals surface area contributed by atoms with Crippen molar-refractivity contribution in [2.75, 3.05) is 0 Å². The topological polar surface area (TPSA) is 67.5 Å². The number of aromatic nitrogens is 1. The van der Waals surface area contributed by atoms with Gasteiger partial charge in [-0.2, -0.15) is 8.42 Å². The Balaban J connectivity index is 0.000000288. The molecule has 0 saturated heterocycles. The maximum absolute atomic E-state index is 11.8. The van der Waals surface area contributed by atoms with Crippen molar-refractivity contribution < 1.29 is 39.6 Å². The van der Waals surface area contributed by atoms with Gasteiger partial charge in [-0.3, -0.25) is 4.55 Å². The summed E-state index contributed by atoms with van der Waals surface area (Å²) in [6.45, 7) is 0. The molecule has 92 valence electrons. The van der Waals surface area contributed by atoms with Crippen LogP contribution in [0.2, 0.25) is 0 Å². The second-order valence-corrected chi connectivity index (χ2v) is 3.20. The normalized spacial score (nSPS) is 11.6. The highest BCUT2D eigenvalue weighted by atomic mass is 32.3. The van der Waals surface area contributed by atoms with E-state index in [1.165, 1.54) is 12.4 Å². The Bertz CT molecular complexity index is 404. The molecular weight excluding hydrogens is 258 g/mol. The zero-order chi connectivity index (χ0) is 12.8. The largest absolute Gasteiger partial charge is 0.538 e. The minimum Gasteiger partial charge on any atom is -0.263 e. The van der Waals surface area contributed by atoms with Gasteiger partial charge in [0.25, 0.3) is 0 Å². The average molecular weight is 264 g/mol. The van der Waals surface area contributed by atoms with Gasteiger partial charge in [0.1, 0.15) is 0 Å². The zero-order valence-electron chi connectivity index (χ0n) is 7.43. The molecule has 0 amide bonds. The fraction of sp³-hybridized carbons (Fsp3) is 0.167. The molecular formula is C6H6F4NO4S+. The van der Waals surface area contributed by atoms with E-state index in [1.54, 1.807) is 18.2 Å². The van der Waals surface area contributed by atoms with Gasteiger partial charge in [-0.15, -0.1) is 17.4 Å². The number of rotatable bonds is 1. The van der Waals surface area contributed by atoms with Crippen LogP contribution in [0.4, 0.5) is 17.7 Å². The van der Waals surface area contributed by atoms with E-state index in [4.69, 9.17) is 4.55 Å². The molecule has 0 fully saturated rings. The van der Waals surface area contributed by atoms with Crippen molar-refractivity contribution in [3.05, 3.63) is 30.6 Å². The van der Waals surface area contributed by atoms with Crippen LogP contribution in [0, 0.1) is 0 Å². The summed E-state index contributed by atoms with van der Waals surface area (Å²) in [7, 11) is -5.41. The van der Waals surface area contributed by atoms with Crippen LogP contribution in [0.3, 0.4) is 0 Å². The van der Waals surface area contributed by atoms with E-state index in [2.05, 4.69) is 4.18 Å². The van der Waals surface area contributed by atoms with Crippen molar-refractivity contribution in [3.63, 3.8) is 0 Å². The monoisotopic (exact) mass is 264 g/mol. The molecule has 0 unspecified atom stereocenters. The van der Waals surface area contributed by atoms with Gasteiger partial charge in [0.15, 0.2) is 0 Å². The lowest BCUT2D eigenvalue weighted by Gasteiger charge is -2.00. The Morgan fingerprint density at radius 1 is 1.12 bits per heavy atom. The SMILES string of the molecule is F[n+]1ccccc1.O=S(=O)(O)OC(F)(F)F. The molecule has 0 aliphatic rings. The highest BCUT2D eigenvalue weighted by molar-refractivity contribution is 7.80. The highest BCUT2D eigenvalue weighted by Gasteiger charge is 2.35. The van der Waals surface area contributed by atoms with Crippen molar-refractivity contribution >= 4 is 10.4 Å². The third-order valence-corrected chi connectivity index (χ3v) is 1.28. The van der Waals surface area contributed by atoms with Gasteiger partial charge in [-0.1, -0.05) is 6.07 Å². The Morgan fingerprint density at radius 2 is 1.56 bits per heavy atom. The fourth-order valence-electron chi connectivity index (χ4n) is 0.497. The summed E-state index contributed by atoms with van der Waals surface area (Å²) < 4.78 is 72.3. The molecule has 0 aliphatic heterocycles. The maximum Gasteiger partial charge on any atom is 0.538 e. The van der Waals surface area contributed by atoms with Gasteiger partial charge in [0.2, 0.25) is 12.4 Å². The molecule has 10 heteroatoms. The lowest BCUT2D eigenvalue weighted by molar-refractivity contribution is -0.843. The predicted octanol–water partition coefficient (Wildman–Crippen LogP) is 1.03. The lowest BCUT2D eigenvalue weighted by Crippen LogP contribution is -2.18. The Kier molecular flexibility index (Phi) is 5.27. The van der Waals surface area contributed by atoms with Crippen LogP contribution in [0.1, 0.15) is 0 Å². The Morgan fingerprint density at radius 3 is 1.69 bits per heavy atom. The number of halogens is 4. The van der Waals surface area contributed by atoms with Gasteiger partial charge < -0.3 is 0 Å². The fourth-order valence-corrected chi connectivity index (χ4v) is 0.736. The first-order chi connectivity index (χ1) is 7.10. The highest BCUT2D eigenvalue weighted by Crippen LogP contribution is 2.17. The van der Waals surface area contributed by atoms with Crippen molar-refractivity contribution in [3.8, 4) is 0 Å². The molecule has 0 aliphatic carbocycles. The smallest absolute Gasteiger partial charge is 0.263 e. The number of pyridine rings is 1. The second kappa shape index (κ2) is 5.72. The minimum atomic E-state index is -5.41. The van der Waals surface area contributed by atoms with E-state index in [1.807, 2.05) is 0 Å². The Hall–Kier alpha value is -1.26. The summed E-state index contributed by atoms with van der Waals surface area (Å²) in [5.74, 6) is 0. The third-order valence-electron chi connectivity index (χ3n) is 0.879. The van der Waals surface area contributed by atoms with Gasteiger partial charge in [0, 0.05) is 16.9 Å². The molecule has 1 N–H and O–H groups in total. The Labute approximate surface area is 87.8 Å². The van der Waals surface area contributed by atoms with Crippen LogP contribution in [0.5, 0.6) is 0 Å². The van der Waals surface area contributed by atoms with Gasteiger partial charge in [-0.25, -0.2) is 0 Å². The molecule has 5 nitrogen and oxygen atoms in total. The molecule has 0 aromatic carbocycles. The summed E-state index contributed by atoms with van der Waals surface area (Å²) in [6.07, 6.45) is -2.69. The van der Waals surface area contributed by atoms with Gasteiger partial charge in [-0.05, 0) is 0 Å². The molecule has 0 bridgehead atoms. The first-order valence-corrected chi connectivity index (χ1v) is 4.84. The summed E-state index contributed by atoms with van der Waals surface area (Å²) >= 11 is 0. The van der Waals surface area contributed by atoms with Crippen molar-refractivity contribution in [1.29, 1.82) is 0 Å². The van der Waals surface area contributed by atoms with Crippen LogP contribution >= 0.6 is 0 Å². The van der Waals surface area contributed by atoms with Crippen LogP contribution < -0.4 is 4.79 Å². The number of hydrogen-bond acceptors (Lipinski definition) is 3. The third kappa shape index (κ3) is 10.8. The van der Waals surface area contributed by atoms with Crippen molar-refractivity contribution in [2.24, 2.45) is 0 Å². The molecule has 1 aromatic heterocycles. The summed E-state index contributed by atoms with van der Waals surface area (Å²) in [5, 5.41) is 0. The lowest BCUT2D eigenvalue weighted by atomic mass is 10.5. The van der Waals surface area contributed by atoms with Crippen LogP contribution in [0.25, 0.3) is 0 Å². The maximum atomic E-state index is 11.8. The van der Waals surface area contributed by atoms with Crippen LogP contribution in [-0.2, 0) is 14.6 Å². The summed E-state index contributed by atoms with van der Waals surface area (Å²) in [4.78, 5) is 0.500. The predicted molar refractivity (Wildman–Crippen MR) is 41.8 cm³/mol.